The van der Waals surface area contributed by atoms with Gasteiger partial charge in [-0.3, -0.25) is 0 Å². The molecule has 112 valence electrons. The van der Waals surface area contributed by atoms with Crippen molar-refractivity contribution >= 4 is 34.0 Å². The summed E-state index contributed by atoms with van der Waals surface area (Å²) in [5.74, 6) is 1.52. The van der Waals surface area contributed by atoms with Gasteiger partial charge in [0.25, 0.3) is 0 Å². The van der Waals surface area contributed by atoms with Crippen LogP contribution in [0.3, 0.4) is 0 Å². The summed E-state index contributed by atoms with van der Waals surface area (Å²) >= 11 is 0. The Morgan fingerprint density at radius 1 is 0.913 bits per heavy atom. The van der Waals surface area contributed by atoms with E-state index in [1.165, 1.54) is 0 Å². The Kier molecular flexibility index (Phi) is 3.31. The zero-order valence-electron chi connectivity index (χ0n) is 12.7. The molecule has 23 heavy (non-hydrogen) atoms. The van der Waals surface area contributed by atoms with Gasteiger partial charge in [-0.2, -0.15) is 0 Å². The molecule has 0 spiro atoms. The summed E-state index contributed by atoms with van der Waals surface area (Å²) in [6, 6.07) is 20.0. The van der Waals surface area contributed by atoms with Gasteiger partial charge in [0.2, 0.25) is 0 Å². The lowest BCUT2D eigenvalue weighted by Crippen LogP contribution is -1.82. The highest BCUT2D eigenvalue weighted by Gasteiger charge is 2.06. The molecule has 0 bridgehead atoms. The average molecular weight is 301 g/mol. The maximum Gasteiger partial charge on any atom is 0.176 e. The molecule has 4 aromatic rings. The second-order valence-electron chi connectivity index (χ2n) is 5.29. The third-order valence-corrected chi connectivity index (χ3v) is 3.79. The number of rotatable bonds is 3. The van der Waals surface area contributed by atoms with E-state index in [0.717, 1.165) is 39.1 Å². The summed E-state index contributed by atoms with van der Waals surface area (Å²) in [5, 5.41) is 2.16. The number of hydrogen-bond acceptors (Lipinski definition) is 3. The van der Waals surface area contributed by atoms with E-state index in [-0.39, 0.29) is 0 Å². The fraction of sp³-hybridized carbons (Fsp3) is 0.0500. The van der Waals surface area contributed by atoms with E-state index in [0.29, 0.717) is 0 Å². The molecule has 3 nitrogen and oxygen atoms in total. The van der Waals surface area contributed by atoms with Crippen LogP contribution in [0.15, 0.2) is 65.1 Å². The number of ether oxygens (including phenoxy) is 1. The second-order valence-corrected chi connectivity index (χ2v) is 5.29. The van der Waals surface area contributed by atoms with Gasteiger partial charge in [0.05, 0.1) is 18.3 Å². The average Bonchev–Trinajstić information content (AvgIpc) is 3.02. The topological polar surface area (TPSA) is 35.3 Å². The largest absolute Gasteiger partial charge is 0.493 e. The van der Waals surface area contributed by atoms with Gasteiger partial charge in [-0.15, -0.1) is 0 Å². The van der Waals surface area contributed by atoms with Crippen LogP contribution < -0.4 is 4.74 Å². The molecule has 0 aliphatic rings. The number of hydrogen-bond donors (Lipinski definition) is 0. The minimum atomic E-state index is 0.742. The molecular formula is C20H15NO2. The first-order chi connectivity index (χ1) is 11.3. The molecular weight excluding hydrogens is 286 g/mol. The summed E-state index contributed by atoms with van der Waals surface area (Å²) in [6.45, 7) is 0. The van der Waals surface area contributed by atoms with Crippen LogP contribution in [0.5, 0.6) is 5.75 Å². The lowest BCUT2D eigenvalue weighted by Gasteiger charge is -1.98. The Bertz CT molecular complexity index is 1010. The fourth-order valence-electron chi connectivity index (χ4n) is 2.64. The Morgan fingerprint density at radius 3 is 2.70 bits per heavy atom. The second kappa shape index (κ2) is 5.61. The number of nitrogens with zero attached hydrogens (tertiary/aromatic N) is 1. The highest BCUT2D eigenvalue weighted by atomic mass is 16.5. The molecule has 0 unspecified atom stereocenters. The number of fused-ring (bicyclic) bond motifs is 2. The maximum absolute atomic E-state index is 5.86. The molecule has 0 amide bonds. The van der Waals surface area contributed by atoms with Crippen molar-refractivity contribution in [2.24, 2.45) is 0 Å². The third-order valence-electron chi connectivity index (χ3n) is 3.79. The standard InChI is InChI=1S/C20H15NO2/c1-22-19-8-4-6-15-13-17(23-20(15)19)12-11-16-10-9-14-5-2-3-7-18(14)21-16/h2-13H,1H3. The zero-order valence-corrected chi connectivity index (χ0v) is 12.7. The first-order valence-electron chi connectivity index (χ1n) is 7.44. The van der Waals surface area contributed by atoms with Crippen LogP contribution in [-0.4, -0.2) is 12.1 Å². The highest BCUT2D eigenvalue weighted by Crippen LogP contribution is 2.29. The number of furan rings is 1. The van der Waals surface area contributed by atoms with Crippen LogP contribution in [0.25, 0.3) is 34.0 Å². The van der Waals surface area contributed by atoms with Crippen molar-refractivity contribution in [3.63, 3.8) is 0 Å². The Hall–Kier alpha value is -3.07. The van der Waals surface area contributed by atoms with Crippen LogP contribution in [0, 0.1) is 0 Å². The molecule has 0 radical (unpaired) electrons. The van der Waals surface area contributed by atoms with Crippen LogP contribution in [0.2, 0.25) is 0 Å². The van der Waals surface area contributed by atoms with E-state index in [4.69, 9.17) is 9.15 Å². The molecule has 0 saturated heterocycles. The van der Waals surface area contributed by atoms with Crippen molar-refractivity contribution in [2.75, 3.05) is 7.11 Å². The van der Waals surface area contributed by atoms with Gasteiger partial charge in [0.1, 0.15) is 5.76 Å². The molecule has 0 N–H and O–H groups in total. The van der Waals surface area contributed by atoms with Gasteiger partial charge < -0.3 is 9.15 Å². The van der Waals surface area contributed by atoms with Crippen molar-refractivity contribution in [1.82, 2.24) is 4.98 Å². The van der Waals surface area contributed by atoms with Gasteiger partial charge in [0.15, 0.2) is 11.3 Å². The minimum Gasteiger partial charge on any atom is -0.493 e. The quantitative estimate of drug-likeness (QED) is 0.524. The van der Waals surface area contributed by atoms with Crippen molar-refractivity contribution < 1.29 is 9.15 Å². The van der Waals surface area contributed by atoms with Crippen molar-refractivity contribution in [1.29, 1.82) is 0 Å². The number of aromatic nitrogens is 1. The molecule has 2 heterocycles. The van der Waals surface area contributed by atoms with E-state index in [1.54, 1.807) is 7.11 Å². The fourth-order valence-corrected chi connectivity index (χ4v) is 2.64. The Balaban J connectivity index is 1.69. The van der Waals surface area contributed by atoms with Crippen LogP contribution in [0.4, 0.5) is 0 Å². The molecule has 0 aliphatic carbocycles. The smallest absolute Gasteiger partial charge is 0.176 e. The van der Waals surface area contributed by atoms with E-state index in [1.807, 2.05) is 60.7 Å². The molecule has 2 aromatic carbocycles. The van der Waals surface area contributed by atoms with Gasteiger partial charge in [0, 0.05) is 10.8 Å². The lowest BCUT2D eigenvalue weighted by molar-refractivity contribution is 0.410. The number of pyridine rings is 1. The highest BCUT2D eigenvalue weighted by molar-refractivity contribution is 5.86. The summed E-state index contributed by atoms with van der Waals surface area (Å²) in [7, 11) is 1.64. The third kappa shape index (κ3) is 2.57. The summed E-state index contributed by atoms with van der Waals surface area (Å²) in [4.78, 5) is 4.62. The number of methoxy groups -OCH3 is 1. The molecule has 0 fully saturated rings. The van der Waals surface area contributed by atoms with Crippen LogP contribution in [-0.2, 0) is 0 Å². The molecule has 3 heteroatoms. The molecule has 4 rings (SSSR count). The number of benzene rings is 2. The predicted molar refractivity (Wildman–Crippen MR) is 93.4 cm³/mol. The van der Waals surface area contributed by atoms with Crippen molar-refractivity contribution in [3.8, 4) is 5.75 Å². The zero-order chi connectivity index (χ0) is 15.6. The van der Waals surface area contributed by atoms with E-state index in [9.17, 15) is 0 Å². The summed E-state index contributed by atoms with van der Waals surface area (Å²) in [6.07, 6.45) is 3.88. The first-order valence-corrected chi connectivity index (χ1v) is 7.44. The Labute approximate surface area is 133 Å². The molecule has 0 saturated carbocycles. The first kappa shape index (κ1) is 13.6. The van der Waals surface area contributed by atoms with Gasteiger partial charge >= 0.3 is 0 Å². The van der Waals surface area contributed by atoms with Crippen LogP contribution >= 0.6 is 0 Å². The minimum absolute atomic E-state index is 0.742. The van der Waals surface area contributed by atoms with Gasteiger partial charge in [-0.1, -0.05) is 36.4 Å². The molecule has 0 aliphatic heterocycles. The van der Waals surface area contributed by atoms with Crippen molar-refractivity contribution in [3.05, 3.63) is 72.1 Å². The lowest BCUT2D eigenvalue weighted by atomic mass is 10.2. The van der Waals surface area contributed by atoms with E-state index >= 15 is 0 Å². The Morgan fingerprint density at radius 2 is 1.78 bits per heavy atom. The molecule has 0 atom stereocenters. The van der Waals surface area contributed by atoms with Gasteiger partial charge in [-0.25, -0.2) is 4.98 Å². The predicted octanol–water partition coefficient (Wildman–Crippen LogP) is 5.16. The van der Waals surface area contributed by atoms with E-state index < -0.39 is 0 Å². The molecule has 2 aromatic heterocycles. The van der Waals surface area contributed by atoms with Crippen molar-refractivity contribution in [2.45, 2.75) is 0 Å². The normalized spacial score (nSPS) is 11.5. The maximum atomic E-state index is 5.86. The monoisotopic (exact) mass is 301 g/mol. The van der Waals surface area contributed by atoms with Gasteiger partial charge in [-0.05, 0) is 36.4 Å². The number of para-hydroxylation sites is 2. The summed E-state index contributed by atoms with van der Waals surface area (Å²) < 4.78 is 11.2. The van der Waals surface area contributed by atoms with E-state index in [2.05, 4.69) is 17.1 Å². The van der Waals surface area contributed by atoms with Crippen LogP contribution in [0.1, 0.15) is 11.5 Å². The summed E-state index contributed by atoms with van der Waals surface area (Å²) in [5.41, 5.74) is 2.65. The SMILES string of the molecule is COc1cccc2cc(C=Cc3ccc4ccccc4n3)oc12.